The summed E-state index contributed by atoms with van der Waals surface area (Å²) in [7, 11) is 0. The number of aryl methyl sites for hydroxylation is 1. The molecule has 2 saturated heterocycles. The second kappa shape index (κ2) is 7.15. The number of hydrogen-bond acceptors (Lipinski definition) is 5. The van der Waals surface area contributed by atoms with Crippen LogP contribution in [0.1, 0.15) is 23.1 Å². The summed E-state index contributed by atoms with van der Waals surface area (Å²) in [6.45, 7) is 1.85. The summed E-state index contributed by atoms with van der Waals surface area (Å²) >= 11 is 6.26. The Morgan fingerprint density at radius 1 is 1.12 bits per heavy atom. The number of halogens is 1. The fraction of sp³-hybridized carbons (Fsp3) is 0.304. The number of hydrogen-bond donors (Lipinski definition) is 3. The van der Waals surface area contributed by atoms with Crippen molar-refractivity contribution in [2.45, 2.75) is 31.5 Å². The van der Waals surface area contributed by atoms with E-state index >= 15 is 0 Å². The zero-order valence-corrected chi connectivity index (χ0v) is 18.0. The molecule has 8 nitrogen and oxygen atoms in total. The summed E-state index contributed by atoms with van der Waals surface area (Å²) in [4.78, 5) is 53.4. The highest BCUT2D eigenvalue weighted by Crippen LogP contribution is 2.54. The first-order chi connectivity index (χ1) is 15.3. The summed E-state index contributed by atoms with van der Waals surface area (Å²) in [6.07, 6.45) is -0.170. The highest BCUT2D eigenvalue weighted by Gasteiger charge is 2.70. The van der Waals surface area contributed by atoms with E-state index in [4.69, 9.17) is 17.3 Å². The van der Waals surface area contributed by atoms with E-state index in [0.29, 0.717) is 21.8 Å². The number of carbonyl (C=O) groups excluding carboxylic acids is 4. The number of anilines is 1. The predicted molar refractivity (Wildman–Crippen MR) is 116 cm³/mol. The van der Waals surface area contributed by atoms with Crippen LogP contribution in [0.3, 0.4) is 0 Å². The minimum atomic E-state index is -1.45. The highest BCUT2D eigenvalue weighted by atomic mass is 35.5. The number of benzene rings is 2. The molecule has 0 aliphatic carbocycles. The van der Waals surface area contributed by atoms with Crippen LogP contribution in [0, 0.1) is 18.8 Å². The molecule has 3 heterocycles. The van der Waals surface area contributed by atoms with Crippen LogP contribution in [0.5, 0.6) is 0 Å². The number of nitrogens with one attached hydrogen (secondary N) is 2. The lowest BCUT2D eigenvalue weighted by atomic mass is 9.76. The number of imide groups is 1. The van der Waals surface area contributed by atoms with Gasteiger partial charge in [0.2, 0.25) is 23.6 Å². The lowest BCUT2D eigenvalue weighted by molar-refractivity contribution is -0.143. The van der Waals surface area contributed by atoms with Crippen LogP contribution < -0.4 is 16.4 Å². The third-order valence-electron chi connectivity index (χ3n) is 6.76. The van der Waals surface area contributed by atoms with Gasteiger partial charge in [-0.05, 0) is 24.1 Å². The van der Waals surface area contributed by atoms with Crippen LogP contribution in [0.4, 0.5) is 5.69 Å². The fourth-order valence-electron chi connectivity index (χ4n) is 5.38. The molecule has 5 rings (SSSR count). The SMILES string of the molecule is Cc1cccc2c1NC(=O)[C@]21N[C@@H](CC(N)=O)[C@H]2C(=O)N(Cc3ccccc3Cl)C(=O)[C@H]21. The number of carbonyl (C=O) groups is 4. The van der Waals surface area contributed by atoms with Crippen LogP contribution in [-0.2, 0) is 31.3 Å². The van der Waals surface area contributed by atoms with Crippen molar-refractivity contribution in [1.29, 1.82) is 0 Å². The average molecular weight is 453 g/mol. The molecule has 4 amide bonds. The van der Waals surface area contributed by atoms with Crippen LogP contribution in [-0.4, -0.2) is 34.6 Å². The fourth-order valence-corrected chi connectivity index (χ4v) is 5.58. The summed E-state index contributed by atoms with van der Waals surface area (Å²) in [5.41, 5.74) is 6.68. The molecular weight excluding hydrogens is 432 g/mol. The standard InChI is InChI=1S/C23H21ClN4O4/c1-11-5-4-7-13-19(11)26-22(32)23(13)18-17(15(27-23)9-16(25)29)20(30)28(21(18)31)10-12-6-2-3-8-14(12)24/h2-8,15,17-18,27H,9-10H2,1H3,(H2,25,29)(H,26,32)/t15-,17+,18-,23-/m0/s1. The van der Waals surface area contributed by atoms with E-state index in [1.54, 1.807) is 36.4 Å². The number of nitrogens with two attached hydrogens (primary N) is 1. The van der Waals surface area contributed by atoms with Crippen molar-refractivity contribution in [3.05, 3.63) is 64.2 Å². The zero-order valence-electron chi connectivity index (χ0n) is 17.2. The highest BCUT2D eigenvalue weighted by molar-refractivity contribution is 6.31. The maximum absolute atomic E-state index is 13.7. The molecule has 0 radical (unpaired) electrons. The number of fused-ring (bicyclic) bond motifs is 4. The van der Waals surface area contributed by atoms with Gasteiger partial charge in [-0.1, -0.05) is 48.0 Å². The van der Waals surface area contributed by atoms with Crippen molar-refractivity contribution in [3.8, 4) is 0 Å². The minimum absolute atomic E-state index is 0.00793. The van der Waals surface area contributed by atoms with Gasteiger partial charge in [-0.2, -0.15) is 0 Å². The first-order valence-electron chi connectivity index (χ1n) is 10.3. The van der Waals surface area contributed by atoms with Crippen LogP contribution >= 0.6 is 11.6 Å². The van der Waals surface area contributed by atoms with E-state index in [1.807, 2.05) is 13.0 Å². The quantitative estimate of drug-likeness (QED) is 0.606. The molecule has 0 unspecified atom stereocenters. The molecule has 2 aromatic carbocycles. The van der Waals surface area contributed by atoms with Gasteiger partial charge in [0, 0.05) is 28.7 Å². The molecule has 164 valence electrons. The van der Waals surface area contributed by atoms with E-state index in [-0.39, 0.29) is 13.0 Å². The van der Waals surface area contributed by atoms with Gasteiger partial charge in [-0.3, -0.25) is 29.4 Å². The topological polar surface area (TPSA) is 122 Å². The van der Waals surface area contributed by atoms with Gasteiger partial charge >= 0.3 is 0 Å². The first kappa shape index (κ1) is 20.7. The first-order valence-corrected chi connectivity index (χ1v) is 10.7. The smallest absolute Gasteiger partial charge is 0.250 e. The minimum Gasteiger partial charge on any atom is -0.370 e. The number of nitrogens with zero attached hydrogens (tertiary/aromatic N) is 1. The molecule has 3 aliphatic rings. The monoisotopic (exact) mass is 452 g/mol. The molecule has 0 aromatic heterocycles. The molecule has 32 heavy (non-hydrogen) atoms. The number of primary amides is 1. The molecule has 4 N–H and O–H groups in total. The maximum Gasteiger partial charge on any atom is 0.250 e. The Kier molecular flexibility index (Phi) is 4.61. The summed E-state index contributed by atoms with van der Waals surface area (Å²) < 4.78 is 0. The molecule has 2 aromatic rings. The molecular formula is C23H21ClN4O4. The summed E-state index contributed by atoms with van der Waals surface area (Å²) in [5.74, 6) is -3.83. The van der Waals surface area contributed by atoms with E-state index in [1.165, 1.54) is 0 Å². The van der Waals surface area contributed by atoms with Crippen molar-refractivity contribution < 1.29 is 19.2 Å². The van der Waals surface area contributed by atoms with Gasteiger partial charge in [0.1, 0.15) is 5.54 Å². The lowest BCUT2D eigenvalue weighted by Gasteiger charge is -2.29. The number of para-hydroxylation sites is 1. The van der Waals surface area contributed by atoms with Gasteiger partial charge in [0.15, 0.2) is 0 Å². The van der Waals surface area contributed by atoms with Gasteiger partial charge in [0.25, 0.3) is 0 Å². The van der Waals surface area contributed by atoms with Gasteiger partial charge in [-0.25, -0.2) is 0 Å². The van der Waals surface area contributed by atoms with E-state index in [9.17, 15) is 19.2 Å². The largest absolute Gasteiger partial charge is 0.370 e. The summed E-state index contributed by atoms with van der Waals surface area (Å²) in [5, 5.41) is 6.49. The summed E-state index contributed by atoms with van der Waals surface area (Å²) in [6, 6.07) is 11.6. The van der Waals surface area contributed by atoms with Gasteiger partial charge in [-0.15, -0.1) is 0 Å². The zero-order chi connectivity index (χ0) is 22.8. The predicted octanol–water partition coefficient (Wildman–Crippen LogP) is 1.44. The van der Waals surface area contributed by atoms with Crippen molar-refractivity contribution >= 4 is 40.9 Å². The van der Waals surface area contributed by atoms with Crippen LogP contribution in [0.25, 0.3) is 0 Å². The Morgan fingerprint density at radius 2 is 1.88 bits per heavy atom. The van der Waals surface area contributed by atoms with Crippen molar-refractivity contribution in [3.63, 3.8) is 0 Å². The molecule has 4 atom stereocenters. The van der Waals surface area contributed by atoms with E-state index in [2.05, 4.69) is 10.6 Å². The van der Waals surface area contributed by atoms with Crippen molar-refractivity contribution in [2.24, 2.45) is 17.6 Å². The Labute approximate surface area is 189 Å². The second-order valence-corrected chi connectivity index (χ2v) is 8.95. The molecule has 9 heteroatoms. The number of likely N-dealkylation sites (tertiary alicyclic amines) is 1. The maximum atomic E-state index is 13.7. The molecule has 3 aliphatic heterocycles. The van der Waals surface area contributed by atoms with Crippen molar-refractivity contribution in [2.75, 3.05) is 5.32 Å². The molecule has 2 fully saturated rings. The Morgan fingerprint density at radius 3 is 2.59 bits per heavy atom. The lowest BCUT2D eigenvalue weighted by Crippen LogP contribution is -2.53. The Hall–Kier alpha value is -3.23. The molecule has 0 bridgehead atoms. The van der Waals surface area contributed by atoms with E-state index in [0.717, 1.165) is 10.5 Å². The second-order valence-electron chi connectivity index (χ2n) is 8.54. The Bertz CT molecular complexity index is 1200. The van der Waals surface area contributed by atoms with Gasteiger partial charge < -0.3 is 11.1 Å². The third kappa shape index (κ3) is 2.73. The average Bonchev–Trinajstić information content (AvgIpc) is 3.31. The molecule has 0 saturated carbocycles. The normalized spacial score (nSPS) is 28.2. The Balaban J connectivity index is 1.62. The number of rotatable bonds is 4. The number of amides is 4. The molecule has 1 spiro atoms. The van der Waals surface area contributed by atoms with Crippen LogP contribution in [0.2, 0.25) is 5.02 Å². The van der Waals surface area contributed by atoms with E-state index < -0.39 is 47.0 Å². The van der Waals surface area contributed by atoms with Crippen molar-refractivity contribution in [1.82, 2.24) is 10.2 Å². The van der Waals surface area contributed by atoms with Crippen LogP contribution in [0.15, 0.2) is 42.5 Å². The van der Waals surface area contributed by atoms with Gasteiger partial charge in [0.05, 0.1) is 18.4 Å². The third-order valence-corrected chi connectivity index (χ3v) is 7.13.